The maximum Gasteiger partial charge on any atom is 0.160 e. The largest absolute Gasteiger partial charge is 0.294 e. The summed E-state index contributed by atoms with van der Waals surface area (Å²) in [6.45, 7) is 0. The second-order valence-electron chi connectivity index (χ2n) is 3.31. The predicted molar refractivity (Wildman–Crippen MR) is 61.4 cm³/mol. The maximum atomic E-state index is 11.5. The Hall–Kier alpha value is -1.02. The Kier molecular flexibility index (Phi) is 3.04. The van der Waals surface area contributed by atoms with Crippen LogP contribution in [0.15, 0.2) is 35.9 Å². The van der Waals surface area contributed by atoms with Crippen molar-refractivity contribution in [1.29, 1.82) is 0 Å². The maximum absolute atomic E-state index is 11.5. The van der Waals surface area contributed by atoms with E-state index < -0.39 is 0 Å². The van der Waals surface area contributed by atoms with Crippen molar-refractivity contribution >= 4 is 23.6 Å². The van der Waals surface area contributed by atoms with Gasteiger partial charge in [0.2, 0.25) is 0 Å². The van der Waals surface area contributed by atoms with Gasteiger partial charge >= 0.3 is 0 Å². The number of hydrogen-bond donors (Lipinski definition) is 0. The second-order valence-corrected chi connectivity index (χ2v) is 4.41. The van der Waals surface area contributed by atoms with Crippen LogP contribution >= 0.6 is 11.8 Å². The van der Waals surface area contributed by atoms with Crippen molar-refractivity contribution in [2.45, 2.75) is 6.42 Å². The summed E-state index contributed by atoms with van der Waals surface area (Å²) < 4.78 is 0. The van der Waals surface area contributed by atoms with Gasteiger partial charge in [0, 0.05) is 23.5 Å². The fourth-order valence-electron chi connectivity index (χ4n) is 1.46. The van der Waals surface area contributed by atoms with Gasteiger partial charge in [-0.05, 0) is 11.6 Å². The summed E-state index contributed by atoms with van der Waals surface area (Å²) in [6, 6.07) is 10.0. The van der Waals surface area contributed by atoms with E-state index in [1.54, 1.807) is 0 Å². The van der Waals surface area contributed by atoms with Crippen LogP contribution in [0.5, 0.6) is 0 Å². The van der Waals surface area contributed by atoms with Gasteiger partial charge in [0.05, 0.1) is 0 Å². The molecular weight excluding hydrogens is 192 g/mol. The Bertz CT molecular complexity index is 354. The second kappa shape index (κ2) is 4.47. The number of carbonyl (C=O) groups is 1. The van der Waals surface area contributed by atoms with Crippen molar-refractivity contribution in [3.05, 3.63) is 41.5 Å². The van der Waals surface area contributed by atoms with E-state index >= 15 is 0 Å². The molecule has 0 aromatic heterocycles. The Morgan fingerprint density at radius 3 is 2.71 bits per heavy atom. The van der Waals surface area contributed by atoms with Crippen molar-refractivity contribution < 1.29 is 4.79 Å². The summed E-state index contributed by atoms with van der Waals surface area (Å²) >= 11 is 1.84. The van der Waals surface area contributed by atoms with Crippen molar-refractivity contribution in [3.63, 3.8) is 0 Å². The van der Waals surface area contributed by atoms with Crippen molar-refractivity contribution in [1.82, 2.24) is 0 Å². The molecule has 1 aliphatic rings. The Balaban J connectivity index is 2.21. The minimum atomic E-state index is 0.313. The van der Waals surface area contributed by atoms with Crippen LogP contribution in [0, 0.1) is 0 Å². The number of carbonyl (C=O) groups excluding carboxylic acids is 1. The van der Waals surface area contributed by atoms with Gasteiger partial charge in [0.25, 0.3) is 0 Å². The summed E-state index contributed by atoms with van der Waals surface area (Å²) in [4.78, 5) is 11.5. The van der Waals surface area contributed by atoms with E-state index in [4.69, 9.17) is 0 Å². The van der Waals surface area contributed by atoms with Crippen LogP contribution in [-0.4, -0.2) is 17.3 Å². The van der Waals surface area contributed by atoms with E-state index in [-0.39, 0.29) is 0 Å². The molecule has 0 N–H and O–H groups in total. The number of ketones is 1. The number of rotatable bonds is 1. The SMILES string of the molecule is O=C1CCSC/C1=C/c1ccccc1. The molecule has 1 fully saturated rings. The molecule has 72 valence electrons. The van der Waals surface area contributed by atoms with Gasteiger partial charge in [-0.2, -0.15) is 11.8 Å². The monoisotopic (exact) mass is 204 g/mol. The molecule has 1 aromatic rings. The third-order valence-electron chi connectivity index (χ3n) is 2.23. The molecule has 2 rings (SSSR count). The minimum Gasteiger partial charge on any atom is -0.294 e. The van der Waals surface area contributed by atoms with Crippen LogP contribution in [0.25, 0.3) is 6.08 Å². The van der Waals surface area contributed by atoms with Crippen LogP contribution in [0.2, 0.25) is 0 Å². The van der Waals surface area contributed by atoms with Gasteiger partial charge in [-0.3, -0.25) is 4.79 Å². The van der Waals surface area contributed by atoms with Gasteiger partial charge in [-0.25, -0.2) is 0 Å². The standard InChI is InChI=1S/C12H12OS/c13-12-6-7-14-9-11(12)8-10-4-2-1-3-5-10/h1-5,8H,6-7,9H2/b11-8-. The summed E-state index contributed by atoms with van der Waals surface area (Å²) in [5, 5.41) is 0. The van der Waals surface area contributed by atoms with E-state index in [0.717, 1.165) is 22.6 Å². The summed E-state index contributed by atoms with van der Waals surface area (Å²) in [7, 11) is 0. The van der Waals surface area contributed by atoms with E-state index in [0.29, 0.717) is 12.2 Å². The molecule has 0 radical (unpaired) electrons. The highest BCUT2D eigenvalue weighted by Gasteiger charge is 2.14. The van der Waals surface area contributed by atoms with Gasteiger partial charge in [-0.15, -0.1) is 0 Å². The van der Waals surface area contributed by atoms with Gasteiger partial charge in [-0.1, -0.05) is 30.3 Å². The molecule has 0 aliphatic carbocycles. The van der Waals surface area contributed by atoms with Crippen LogP contribution < -0.4 is 0 Å². The van der Waals surface area contributed by atoms with Crippen LogP contribution in [0.3, 0.4) is 0 Å². The van der Waals surface area contributed by atoms with E-state index in [1.165, 1.54) is 0 Å². The molecule has 1 nitrogen and oxygen atoms in total. The highest BCUT2D eigenvalue weighted by molar-refractivity contribution is 7.99. The molecular formula is C12H12OS. The lowest BCUT2D eigenvalue weighted by Gasteiger charge is -2.11. The first-order chi connectivity index (χ1) is 6.86. The minimum absolute atomic E-state index is 0.313. The Morgan fingerprint density at radius 1 is 1.21 bits per heavy atom. The van der Waals surface area contributed by atoms with Crippen molar-refractivity contribution in [2.75, 3.05) is 11.5 Å². The average Bonchev–Trinajstić information content (AvgIpc) is 2.23. The first kappa shape index (κ1) is 9.53. The zero-order valence-electron chi connectivity index (χ0n) is 7.90. The number of benzene rings is 1. The van der Waals surface area contributed by atoms with Gasteiger partial charge in [0.1, 0.15) is 0 Å². The lowest BCUT2D eigenvalue weighted by molar-refractivity contribution is -0.115. The molecule has 0 bridgehead atoms. The zero-order valence-corrected chi connectivity index (χ0v) is 8.72. The Morgan fingerprint density at radius 2 is 2.00 bits per heavy atom. The first-order valence-electron chi connectivity index (χ1n) is 4.73. The van der Waals surface area contributed by atoms with E-state index in [1.807, 2.05) is 48.2 Å². The van der Waals surface area contributed by atoms with E-state index in [2.05, 4.69) is 0 Å². The topological polar surface area (TPSA) is 17.1 Å². The quantitative estimate of drug-likeness (QED) is 0.654. The number of Topliss-reactive ketones (excluding diaryl/α,β-unsaturated/α-hetero) is 1. The fraction of sp³-hybridized carbons (Fsp3) is 0.250. The first-order valence-corrected chi connectivity index (χ1v) is 5.88. The highest BCUT2D eigenvalue weighted by atomic mass is 32.2. The van der Waals surface area contributed by atoms with Crippen molar-refractivity contribution in [3.8, 4) is 0 Å². The summed E-state index contributed by atoms with van der Waals surface area (Å²) in [6.07, 6.45) is 2.71. The molecule has 0 amide bonds. The molecule has 0 atom stereocenters. The van der Waals surface area contributed by atoms with Gasteiger partial charge < -0.3 is 0 Å². The summed E-state index contributed by atoms with van der Waals surface area (Å²) in [5.41, 5.74) is 2.09. The van der Waals surface area contributed by atoms with Gasteiger partial charge in [0.15, 0.2) is 5.78 Å². The zero-order chi connectivity index (χ0) is 9.80. The molecule has 1 saturated heterocycles. The smallest absolute Gasteiger partial charge is 0.160 e. The molecule has 0 unspecified atom stereocenters. The molecule has 1 aliphatic heterocycles. The molecule has 0 spiro atoms. The lowest BCUT2D eigenvalue weighted by Crippen LogP contribution is -2.11. The van der Waals surface area contributed by atoms with E-state index in [9.17, 15) is 4.79 Å². The Labute approximate surface area is 88.2 Å². The molecule has 14 heavy (non-hydrogen) atoms. The molecule has 1 heterocycles. The fourth-order valence-corrected chi connectivity index (χ4v) is 2.40. The van der Waals surface area contributed by atoms with Crippen LogP contribution in [0.1, 0.15) is 12.0 Å². The van der Waals surface area contributed by atoms with Crippen LogP contribution in [-0.2, 0) is 4.79 Å². The molecule has 2 heteroatoms. The molecule has 1 aromatic carbocycles. The predicted octanol–water partition coefficient (Wildman–Crippen LogP) is 2.78. The average molecular weight is 204 g/mol. The highest BCUT2D eigenvalue weighted by Crippen LogP contribution is 2.21. The number of thioether (sulfide) groups is 1. The van der Waals surface area contributed by atoms with Crippen LogP contribution in [0.4, 0.5) is 0 Å². The third kappa shape index (κ3) is 2.26. The normalized spacial score (nSPS) is 20.0. The number of hydrogen-bond acceptors (Lipinski definition) is 2. The van der Waals surface area contributed by atoms with Crippen molar-refractivity contribution in [2.24, 2.45) is 0 Å². The summed E-state index contributed by atoms with van der Waals surface area (Å²) in [5.74, 6) is 2.16. The lowest BCUT2D eigenvalue weighted by atomic mass is 10.1. The molecule has 0 saturated carbocycles. The third-order valence-corrected chi connectivity index (χ3v) is 3.24.